The minimum atomic E-state index is -0.647. The molecule has 1 atom stereocenters. The van der Waals surface area contributed by atoms with Crippen LogP contribution in [-0.2, 0) is 9.47 Å². The van der Waals surface area contributed by atoms with Crippen molar-refractivity contribution in [3.8, 4) is 23.0 Å². The SMILES string of the molecule is CCCCCC(C)OC(=O)c1ccccc1C(=O)Oc1ccc(OCCCCCCOC(=O)c2ccc(C(=O)Oc3ccc(OC)cc3)cc2)cc1. The Morgan fingerprint density at radius 2 is 1.06 bits per heavy atom. The summed E-state index contributed by atoms with van der Waals surface area (Å²) in [6, 6.07) is 26.0. The van der Waals surface area contributed by atoms with Crippen LogP contribution in [0.3, 0.4) is 0 Å². The molecule has 10 heteroatoms. The average Bonchev–Trinajstić information content (AvgIpc) is 3.16. The number of carbonyl (C=O) groups excluding carboxylic acids is 4. The van der Waals surface area contributed by atoms with Crippen molar-refractivity contribution in [1.29, 1.82) is 0 Å². The van der Waals surface area contributed by atoms with E-state index in [1.54, 1.807) is 79.9 Å². The second-order valence-electron chi connectivity index (χ2n) is 12.2. The molecule has 0 bridgehead atoms. The van der Waals surface area contributed by atoms with Crippen molar-refractivity contribution in [2.24, 2.45) is 0 Å². The third kappa shape index (κ3) is 12.6. The van der Waals surface area contributed by atoms with E-state index in [1.807, 2.05) is 6.92 Å². The van der Waals surface area contributed by atoms with Crippen LogP contribution in [0.1, 0.15) is 107 Å². The first-order valence-electron chi connectivity index (χ1n) is 17.7. The minimum absolute atomic E-state index is 0.141. The Hall–Kier alpha value is -5.64. The summed E-state index contributed by atoms with van der Waals surface area (Å²) < 4.78 is 32.8. The Balaban J connectivity index is 1.10. The molecule has 0 heterocycles. The molecule has 10 nitrogen and oxygen atoms in total. The van der Waals surface area contributed by atoms with Gasteiger partial charge in [-0.3, -0.25) is 0 Å². The minimum Gasteiger partial charge on any atom is -0.497 e. The predicted octanol–water partition coefficient (Wildman–Crippen LogP) is 9.06. The van der Waals surface area contributed by atoms with Gasteiger partial charge in [-0.1, -0.05) is 31.9 Å². The molecule has 0 radical (unpaired) electrons. The standard InChI is InChI=1S/C42H46O10/c1-4-5-8-13-30(2)50-41(45)37-14-9-10-15-38(37)42(46)52-36-26-22-34(23-27-36)48-28-11-6-7-12-29-49-39(43)31-16-18-32(19-17-31)40(44)51-35-24-20-33(47-3)21-25-35/h9-10,14-27,30H,4-8,11-13,28-29H2,1-3H3. The molecule has 0 aromatic heterocycles. The Labute approximate surface area is 304 Å². The lowest BCUT2D eigenvalue weighted by atomic mass is 10.1. The first-order valence-corrected chi connectivity index (χ1v) is 17.7. The summed E-state index contributed by atoms with van der Waals surface area (Å²) in [5.41, 5.74) is 0.977. The third-order valence-corrected chi connectivity index (χ3v) is 8.09. The van der Waals surface area contributed by atoms with E-state index in [2.05, 4.69) is 6.92 Å². The summed E-state index contributed by atoms with van der Waals surface area (Å²) >= 11 is 0. The van der Waals surface area contributed by atoms with Crippen LogP contribution in [0.15, 0.2) is 97.1 Å². The van der Waals surface area contributed by atoms with Gasteiger partial charge >= 0.3 is 23.9 Å². The largest absolute Gasteiger partial charge is 0.497 e. The molecular formula is C42H46O10. The summed E-state index contributed by atoms with van der Waals surface area (Å²) in [5.74, 6) is -0.180. The first-order chi connectivity index (χ1) is 25.3. The number of esters is 4. The number of benzene rings is 4. The highest BCUT2D eigenvalue weighted by Crippen LogP contribution is 2.22. The zero-order valence-corrected chi connectivity index (χ0v) is 30.0. The molecule has 0 saturated carbocycles. The van der Waals surface area contributed by atoms with Gasteiger partial charge in [-0.05, 0) is 130 Å². The van der Waals surface area contributed by atoms with E-state index in [4.69, 9.17) is 28.4 Å². The lowest BCUT2D eigenvalue weighted by Gasteiger charge is -2.14. The number of hydrogen-bond donors (Lipinski definition) is 0. The van der Waals surface area contributed by atoms with E-state index >= 15 is 0 Å². The molecule has 274 valence electrons. The molecule has 1 unspecified atom stereocenters. The highest BCUT2D eigenvalue weighted by molar-refractivity contribution is 6.03. The van der Waals surface area contributed by atoms with E-state index in [9.17, 15) is 19.2 Å². The smallest absolute Gasteiger partial charge is 0.344 e. The van der Waals surface area contributed by atoms with Gasteiger partial charge in [0.05, 0.1) is 48.7 Å². The van der Waals surface area contributed by atoms with Crippen LogP contribution in [0, 0.1) is 0 Å². The highest BCUT2D eigenvalue weighted by Gasteiger charge is 2.21. The molecular weight excluding hydrogens is 664 g/mol. The number of methoxy groups -OCH3 is 1. The van der Waals surface area contributed by atoms with Crippen molar-refractivity contribution in [2.75, 3.05) is 20.3 Å². The van der Waals surface area contributed by atoms with Crippen LogP contribution in [0.5, 0.6) is 23.0 Å². The number of ether oxygens (including phenoxy) is 6. The van der Waals surface area contributed by atoms with Crippen molar-refractivity contribution in [2.45, 2.75) is 71.3 Å². The topological polar surface area (TPSA) is 124 Å². The van der Waals surface area contributed by atoms with Gasteiger partial charge < -0.3 is 28.4 Å². The van der Waals surface area contributed by atoms with Crippen molar-refractivity contribution < 1.29 is 47.6 Å². The molecule has 0 N–H and O–H groups in total. The Kier molecular flexibility index (Phi) is 15.7. The van der Waals surface area contributed by atoms with Crippen molar-refractivity contribution >= 4 is 23.9 Å². The van der Waals surface area contributed by atoms with Gasteiger partial charge in [-0.15, -0.1) is 0 Å². The maximum atomic E-state index is 12.9. The van der Waals surface area contributed by atoms with Gasteiger partial charge in [0.15, 0.2) is 0 Å². The fourth-order valence-electron chi connectivity index (χ4n) is 5.14. The Morgan fingerprint density at radius 3 is 1.65 bits per heavy atom. The first kappa shape index (κ1) is 39.2. The highest BCUT2D eigenvalue weighted by atomic mass is 16.6. The molecule has 0 aliphatic rings. The summed E-state index contributed by atoms with van der Waals surface area (Å²) in [5, 5.41) is 0. The molecule has 0 aliphatic carbocycles. The molecule has 0 spiro atoms. The fraction of sp³-hybridized carbons (Fsp3) is 0.333. The van der Waals surface area contributed by atoms with Gasteiger partial charge in [0.2, 0.25) is 0 Å². The van der Waals surface area contributed by atoms with Crippen LogP contribution >= 0.6 is 0 Å². The summed E-state index contributed by atoms with van der Waals surface area (Å²) in [4.78, 5) is 50.6. The molecule has 0 amide bonds. The van der Waals surface area contributed by atoms with Crippen molar-refractivity contribution in [1.82, 2.24) is 0 Å². The zero-order valence-electron chi connectivity index (χ0n) is 30.0. The van der Waals surface area contributed by atoms with E-state index in [-0.39, 0.29) is 23.8 Å². The van der Waals surface area contributed by atoms with E-state index in [1.165, 1.54) is 24.3 Å². The van der Waals surface area contributed by atoms with Gasteiger partial charge in [0, 0.05) is 0 Å². The predicted molar refractivity (Wildman–Crippen MR) is 196 cm³/mol. The fourth-order valence-corrected chi connectivity index (χ4v) is 5.14. The number of rotatable bonds is 20. The van der Waals surface area contributed by atoms with Gasteiger partial charge in [-0.25, -0.2) is 19.2 Å². The summed E-state index contributed by atoms with van der Waals surface area (Å²) in [7, 11) is 1.56. The van der Waals surface area contributed by atoms with Crippen molar-refractivity contribution in [3.05, 3.63) is 119 Å². The van der Waals surface area contributed by atoms with Crippen LogP contribution < -0.4 is 18.9 Å². The summed E-state index contributed by atoms with van der Waals surface area (Å²) in [6.45, 7) is 4.76. The van der Waals surface area contributed by atoms with Crippen LogP contribution in [-0.4, -0.2) is 50.3 Å². The summed E-state index contributed by atoms with van der Waals surface area (Å²) in [6.07, 6.45) is 6.91. The van der Waals surface area contributed by atoms with E-state index < -0.39 is 23.9 Å². The van der Waals surface area contributed by atoms with Crippen molar-refractivity contribution in [3.63, 3.8) is 0 Å². The van der Waals surface area contributed by atoms with Gasteiger partial charge in [-0.2, -0.15) is 0 Å². The second-order valence-corrected chi connectivity index (χ2v) is 12.2. The quantitative estimate of drug-likeness (QED) is 0.0499. The number of unbranched alkanes of at least 4 members (excludes halogenated alkanes) is 5. The number of carbonyl (C=O) groups is 4. The van der Waals surface area contributed by atoms with E-state index in [0.717, 1.165) is 44.9 Å². The molecule has 0 aliphatic heterocycles. The third-order valence-electron chi connectivity index (χ3n) is 8.09. The molecule has 52 heavy (non-hydrogen) atoms. The second kappa shape index (κ2) is 20.9. The van der Waals surface area contributed by atoms with Crippen LogP contribution in [0.25, 0.3) is 0 Å². The number of hydrogen-bond acceptors (Lipinski definition) is 10. The zero-order chi connectivity index (χ0) is 37.1. The van der Waals surface area contributed by atoms with Gasteiger partial charge in [0.1, 0.15) is 23.0 Å². The maximum absolute atomic E-state index is 12.9. The Morgan fingerprint density at radius 1 is 0.538 bits per heavy atom. The van der Waals surface area contributed by atoms with Crippen LogP contribution in [0.2, 0.25) is 0 Å². The monoisotopic (exact) mass is 710 g/mol. The lowest BCUT2D eigenvalue weighted by molar-refractivity contribution is 0.0314. The average molecular weight is 711 g/mol. The Bertz CT molecular complexity index is 1730. The maximum Gasteiger partial charge on any atom is 0.344 e. The normalized spacial score (nSPS) is 11.2. The molecule has 0 fully saturated rings. The van der Waals surface area contributed by atoms with Gasteiger partial charge in [0.25, 0.3) is 0 Å². The lowest BCUT2D eigenvalue weighted by Crippen LogP contribution is -2.19. The van der Waals surface area contributed by atoms with E-state index in [0.29, 0.717) is 47.2 Å². The molecule has 4 aromatic rings. The molecule has 4 rings (SSSR count). The molecule has 0 saturated heterocycles. The molecule has 4 aromatic carbocycles. The van der Waals surface area contributed by atoms with Crippen LogP contribution in [0.4, 0.5) is 0 Å².